The van der Waals surface area contributed by atoms with Crippen LogP contribution in [0.15, 0.2) is 65.0 Å². The molecule has 0 atom stereocenters. The first-order valence-electron chi connectivity index (χ1n) is 13.7. The fraction of sp³-hybridized carbons (Fsp3) is 0.367. The number of carboxylic acids is 2. The summed E-state index contributed by atoms with van der Waals surface area (Å²) in [6, 6.07) is 11.6. The summed E-state index contributed by atoms with van der Waals surface area (Å²) in [5.74, 6) is -3.01. The molecule has 42 heavy (non-hydrogen) atoms. The lowest BCUT2D eigenvalue weighted by atomic mass is 9.80. The average Bonchev–Trinajstić information content (AvgIpc) is 2.96. The highest BCUT2D eigenvalue weighted by Gasteiger charge is 2.36. The Kier molecular flexibility index (Phi) is 9.58. The third-order valence-corrected chi connectivity index (χ3v) is 7.56. The van der Waals surface area contributed by atoms with Crippen LogP contribution in [0.2, 0.25) is 0 Å². The van der Waals surface area contributed by atoms with E-state index in [4.69, 9.17) is 4.74 Å². The highest BCUT2D eigenvalue weighted by Crippen LogP contribution is 2.40. The first kappa shape index (κ1) is 30.3. The third-order valence-electron chi connectivity index (χ3n) is 7.56. The molecule has 12 nitrogen and oxygen atoms in total. The average molecular weight is 580 g/mol. The van der Waals surface area contributed by atoms with E-state index in [1.165, 1.54) is 18.2 Å². The van der Waals surface area contributed by atoms with Crippen LogP contribution in [0.4, 0.5) is 16.2 Å². The number of urea groups is 1. The predicted octanol–water partition coefficient (Wildman–Crippen LogP) is 3.14. The Morgan fingerprint density at radius 3 is 2.24 bits per heavy atom. The van der Waals surface area contributed by atoms with Gasteiger partial charge in [-0.2, -0.15) is 0 Å². The number of para-hydroxylation sites is 2. The van der Waals surface area contributed by atoms with Gasteiger partial charge in [-0.1, -0.05) is 18.2 Å². The molecular weight excluding hydrogens is 542 g/mol. The van der Waals surface area contributed by atoms with Gasteiger partial charge in [0.1, 0.15) is 11.5 Å². The van der Waals surface area contributed by atoms with Gasteiger partial charge >= 0.3 is 18.0 Å². The Morgan fingerprint density at radius 1 is 0.976 bits per heavy atom. The highest BCUT2D eigenvalue weighted by molar-refractivity contribution is 5.99. The summed E-state index contributed by atoms with van der Waals surface area (Å²) in [5, 5.41) is 38.3. The summed E-state index contributed by atoms with van der Waals surface area (Å²) in [6.07, 6.45) is 0.723. The molecule has 1 saturated heterocycles. The molecule has 0 spiro atoms. The van der Waals surface area contributed by atoms with Gasteiger partial charge in [0.15, 0.2) is 0 Å². The van der Waals surface area contributed by atoms with Gasteiger partial charge in [0, 0.05) is 44.1 Å². The van der Waals surface area contributed by atoms with Gasteiger partial charge in [0.05, 0.1) is 35.5 Å². The van der Waals surface area contributed by atoms with E-state index in [2.05, 4.69) is 31.8 Å². The van der Waals surface area contributed by atoms with E-state index < -0.39 is 23.9 Å². The maximum absolute atomic E-state index is 12.6. The molecule has 2 aliphatic heterocycles. The maximum Gasteiger partial charge on any atom is 0.334 e. The normalized spacial score (nSPS) is 16.2. The minimum absolute atomic E-state index is 0.0424. The molecule has 12 heteroatoms. The number of phenols is 1. The van der Waals surface area contributed by atoms with Crippen molar-refractivity contribution in [3.8, 4) is 11.5 Å². The predicted molar refractivity (Wildman–Crippen MR) is 158 cm³/mol. The minimum Gasteiger partial charge on any atom is -0.506 e. The van der Waals surface area contributed by atoms with Crippen LogP contribution in [0.3, 0.4) is 0 Å². The molecule has 0 radical (unpaired) electrons. The topological polar surface area (TPSA) is 164 Å². The number of ether oxygens (including phenoxy) is 1. The summed E-state index contributed by atoms with van der Waals surface area (Å²) >= 11 is 0. The largest absolute Gasteiger partial charge is 0.506 e. The van der Waals surface area contributed by atoms with Gasteiger partial charge in [-0.3, -0.25) is 4.90 Å². The monoisotopic (exact) mass is 579 g/mol. The molecule has 0 unspecified atom stereocenters. The number of hydrogen-bond acceptors (Lipinski definition) is 8. The SMILES string of the molecule is COc1ccccc1N1CCN(CCCNC(=O)Nc2cc(C3C(C(=O)O)=C(C)NC(C)=C3C(=O)O)ccc2O)CC1. The molecule has 0 aliphatic carbocycles. The van der Waals surface area contributed by atoms with E-state index in [0.717, 1.165) is 50.6 Å². The maximum atomic E-state index is 12.6. The van der Waals surface area contributed by atoms with E-state index in [1.807, 2.05) is 18.2 Å². The van der Waals surface area contributed by atoms with Crippen LogP contribution >= 0.6 is 0 Å². The number of methoxy groups -OCH3 is 1. The first-order valence-corrected chi connectivity index (χ1v) is 13.7. The van der Waals surface area contributed by atoms with Crippen LogP contribution in [-0.4, -0.2) is 84.6 Å². The summed E-state index contributed by atoms with van der Waals surface area (Å²) in [6.45, 7) is 7.86. The second-order valence-corrected chi connectivity index (χ2v) is 10.3. The Labute approximate surface area is 244 Å². The number of allylic oxidation sites excluding steroid dienone is 2. The number of phenolic OH excluding ortho intramolecular Hbond substituents is 1. The van der Waals surface area contributed by atoms with Crippen LogP contribution in [-0.2, 0) is 9.59 Å². The second-order valence-electron chi connectivity index (χ2n) is 10.3. The lowest BCUT2D eigenvalue weighted by molar-refractivity contribution is -0.133. The standard InChI is InChI=1S/C30H37N5O7/c1-18-25(28(37)38)27(26(29(39)40)19(2)32-18)20-9-10-23(36)21(17-20)33-30(41)31-11-6-12-34-13-15-35(16-14-34)22-7-4-5-8-24(22)42-3/h4-5,7-10,17,27,32,36H,6,11-16H2,1-3H3,(H,37,38)(H,39,40)(H2,31,33,41). The van der Waals surface area contributed by atoms with Crippen LogP contribution < -0.4 is 25.6 Å². The van der Waals surface area contributed by atoms with Crippen LogP contribution in [0.1, 0.15) is 31.7 Å². The van der Waals surface area contributed by atoms with Crippen molar-refractivity contribution in [1.82, 2.24) is 15.5 Å². The lowest BCUT2D eigenvalue weighted by Crippen LogP contribution is -2.47. The van der Waals surface area contributed by atoms with Crippen molar-refractivity contribution < 1.29 is 34.4 Å². The number of rotatable bonds is 10. The van der Waals surface area contributed by atoms with E-state index in [-0.39, 0.29) is 22.6 Å². The quantitative estimate of drug-likeness (QED) is 0.182. The number of carboxylic acid groups (broad SMARTS) is 2. The van der Waals surface area contributed by atoms with Crippen molar-refractivity contribution in [3.63, 3.8) is 0 Å². The second kappa shape index (κ2) is 13.3. The lowest BCUT2D eigenvalue weighted by Gasteiger charge is -2.36. The number of nitrogens with one attached hydrogen (secondary N) is 3. The number of amides is 2. The number of carbonyl (C=O) groups excluding carboxylic acids is 1. The van der Waals surface area contributed by atoms with Gasteiger partial charge in [0.25, 0.3) is 0 Å². The molecule has 0 saturated carbocycles. The molecule has 2 heterocycles. The summed E-state index contributed by atoms with van der Waals surface area (Å²) in [7, 11) is 1.67. The van der Waals surface area contributed by atoms with E-state index >= 15 is 0 Å². The molecule has 2 amide bonds. The van der Waals surface area contributed by atoms with E-state index in [9.17, 15) is 29.7 Å². The molecule has 4 rings (SSSR count). The van der Waals surface area contributed by atoms with Crippen molar-refractivity contribution in [2.75, 3.05) is 56.6 Å². The fourth-order valence-electron chi connectivity index (χ4n) is 5.50. The number of aromatic hydroxyl groups is 1. The van der Waals surface area contributed by atoms with Crippen molar-refractivity contribution in [1.29, 1.82) is 0 Å². The van der Waals surface area contributed by atoms with Gasteiger partial charge < -0.3 is 40.9 Å². The number of nitrogens with zero attached hydrogens (tertiary/aromatic N) is 2. The van der Waals surface area contributed by atoms with Crippen molar-refractivity contribution in [2.45, 2.75) is 26.2 Å². The smallest absolute Gasteiger partial charge is 0.334 e. The number of carbonyl (C=O) groups is 3. The zero-order valence-corrected chi connectivity index (χ0v) is 23.9. The Bertz CT molecular complexity index is 1380. The Hall–Kier alpha value is -4.71. The first-order chi connectivity index (χ1) is 20.1. The van der Waals surface area contributed by atoms with Crippen molar-refractivity contribution >= 4 is 29.3 Å². The van der Waals surface area contributed by atoms with E-state index in [0.29, 0.717) is 23.5 Å². The van der Waals surface area contributed by atoms with Crippen LogP contribution in [0.25, 0.3) is 0 Å². The van der Waals surface area contributed by atoms with Gasteiger partial charge in [-0.15, -0.1) is 0 Å². The molecule has 6 N–H and O–H groups in total. The number of hydrogen-bond donors (Lipinski definition) is 6. The minimum atomic E-state index is -1.27. The zero-order chi connectivity index (χ0) is 30.4. The molecular formula is C30H37N5O7. The van der Waals surface area contributed by atoms with Crippen molar-refractivity contribution in [3.05, 3.63) is 70.6 Å². The Balaban J connectivity index is 1.32. The number of dihydropyridines is 1. The molecule has 2 aromatic carbocycles. The zero-order valence-electron chi connectivity index (χ0n) is 23.9. The van der Waals surface area contributed by atoms with Crippen molar-refractivity contribution in [2.24, 2.45) is 0 Å². The summed E-state index contributed by atoms with van der Waals surface area (Å²) in [5.41, 5.74) is 1.83. The van der Waals surface area contributed by atoms with Gasteiger partial charge in [-0.05, 0) is 56.6 Å². The molecule has 224 valence electrons. The molecule has 2 aliphatic rings. The number of piperazine rings is 1. The Morgan fingerprint density at radius 2 is 1.62 bits per heavy atom. The molecule has 0 bridgehead atoms. The van der Waals surface area contributed by atoms with Crippen LogP contribution in [0.5, 0.6) is 11.5 Å². The summed E-state index contributed by atoms with van der Waals surface area (Å²) < 4.78 is 5.48. The van der Waals surface area contributed by atoms with Crippen LogP contribution in [0, 0.1) is 0 Å². The molecule has 0 aromatic heterocycles. The highest BCUT2D eigenvalue weighted by atomic mass is 16.5. The van der Waals surface area contributed by atoms with Gasteiger partial charge in [0.2, 0.25) is 0 Å². The number of benzene rings is 2. The van der Waals surface area contributed by atoms with Gasteiger partial charge in [-0.25, -0.2) is 14.4 Å². The fourth-order valence-corrected chi connectivity index (χ4v) is 5.50. The molecule has 2 aromatic rings. The third kappa shape index (κ3) is 6.77. The van der Waals surface area contributed by atoms with E-state index in [1.54, 1.807) is 21.0 Å². The molecule has 1 fully saturated rings. The number of aliphatic carboxylic acids is 2. The summed E-state index contributed by atoms with van der Waals surface area (Å²) in [4.78, 5) is 41.4. The number of anilines is 2.